The predicted octanol–water partition coefficient (Wildman–Crippen LogP) is 9.02. The highest BCUT2D eigenvalue weighted by atomic mass is 32.1. The Morgan fingerprint density at radius 1 is 0.595 bits per heavy atom. The summed E-state index contributed by atoms with van der Waals surface area (Å²) in [6, 6.07) is 46.8. The van der Waals surface area contributed by atoms with Gasteiger partial charge in [0.1, 0.15) is 0 Å². The lowest BCUT2D eigenvalue weighted by molar-refractivity contribution is 1.25. The lowest BCUT2D eigenvalue weighted by Crippen LogP contribution is -2.60. The maximum absolute atomic E-state index is 2.50. The second-order valence-corrected chi connectivity index (χ2v) is 13.1. The summed E-state index contributed by atoms with van der Waals surface area (Å²) in [5.74, 6) is 0. The quantitative estimate of drug-likeness (QED) is 0.195. The Kier molecular flexibility index (Phi) is 5.28. The van der Waals surface area contributed by atoms with Crippen LogP contribution >= 0.6 is 22.7 Å². The van der Waals surface area contributed by atoms with Gasteiger partial charge in [-0.05, 0) is 94.3 Å². The van der Waals surface area contributed by atoms with E-state index in [-0.39, 0.29) is 6.71 Å². The molecule has 5 heteroatoms. The number of thiophene rings is 2. The molecule has 0 unspecified atom stereocenters. The van der Waals surface area contributed by atoms with Crippen LogP contribution in [0.4, 0.5) is 34.1 Å². The van der Waals surface area contributed by atoms with Crippen molar-refractivity contribution in [3.8, 4) is 10.4 Å². The van der Waals surface area contributed by atoms with Crippen LogP contribution in [0.3, 0.4) is 0 Å². The second-order valence-electron chi connectivity index (χ2n) is 11.1. The van der Waals surface area contributed by atoms with Gasteiger partial charge in [-0.1, -0.05) is 72.8 Å². The van der Waals surface area contributed by atoms with Gasteiger partial charge in [-0.25, -0.2) is 0 Å². The van der Waals surface area contributed by atoms with Gasteiger partial charge in [0.05, 0.1) is 5.69 Å². The number of aryl methyl sites for hydroxylation is 1. The van der Waals surface area contributed by atoms with E-state index in [9.17, 15) is 0 Å². The third-order valence-corrected chi connectivity index (χ3v) is 10.7. The summed E-state index contributed by atoms with van der Waals surface area (Å²) in [4.78, 5) is 6.28. The fourth-order valence-corrected chi connectivity index (χ4v) is 8.89. The molecule has 0 N–H and O–H groups in total. The summed E-state index contributed by atoms with van der Waals surface area (Å²) < 4.78 is 2.72. The standard InChI is InChI=1S/C37H25BN2S2/c1-24-19-32-36-33(20-24)40(28-15-9-4-10-16-28)31-23-35-26(22-34(42-35)25-11-5-2-6-12-25)21-29(31)38(36)37-30(17-18-41-37)39(32)27-13-7-3-8-14-27/h2-23H,1H3. The molecule has 0 radical (unpaired) electrons. The molecule has 4 heterocycles. The molecule has 2 aromatic heterocycles. The van der Waals surface area contributed by atoms with E-state index in [1.165, 1.54) is 75.9 Å². The number of fused-ring (bicyclic) bond motifs is 5. The van der Waals surface area contributed by atoms with Crippen LogP contribution in [0.1, 0.15) is 5.56 Å². The van der Waals surface area contributed by atoms with Crippen LogP contribution in [0.15, 0.2) is 133 Å². The molecular weight excluding hydrogens is 547 g/mol. The van der Waals surface area contributed by atoms with Gasteiger partial charge in [0.15, 0.2) is 0 Å². The molecule has 0 saturated carbocycles. The molecule has 2 aliphatic rings. The highest BCUT2D eigenvalue weighted by Gasteiger charge is 2.44. The monoisotopic (exact) mass is 572 g/mol. The van der Waals surface area contributed by atoms with Crippen molar-refractivity contribution in [2.45, 2.75) is 6.92 Å². The molecule has 0 spiro atoms. The van der Waals surface area contributed by atoms with E-state index < -0.39 is 0 Å². The number of para-hydroxylation sites is 2. The Hall–Kier alpha value is -4.58. The van der Waals surface area contributed by atoms with Crippen molar-refractivity contribution < 1.29 is 0 Å². The second kappa shape index (κ2) is 9.22. The molecule has 2 aliphatic heterocycles. The summed E-state index contributed by atoms with van der Waals surface area (Å²) in [6.45, 7) is 2.40. The highest BCUT2D eigenvalue weighted by molar-refractivity contribution is 7.28. The van der Waals surface area contributed by atoms with E-state index in [1.807, 2.05) is 22.7 Å². The first-order valence-electron chi connectivity index (χ1n) is 14.3. The molecule has 0 aliphatic carbocycles. The Bertz CT molecular complexity index is 2120. The van der Waals surface area contributed by atoms with Crippen LogP contribution in [0.5, 0.6) is 0 Å². The first kappa shape index (κ1) is 24.1. The lowest BCUT2D eigenvalue weighted by atomic mass is 9.36. The smallest absolute Gasteiger partial charge is 0.264 e. The maximum Gasteiger partial charge on any atom is 0.264 e. The largest absolute Gasteiger partial charge is 0.311 e. The van der Waals surface area contributed by atoms with Crippen molar-refractivity contribution in [2.75, 3.05) is 9.80 Å². The molecule has 7 aromatic rings. The molecule has 0 fully saturated rings. The summed E-state index contributed by atoms with van der Waals surface area (Å²) in [7, 11) is 0. The van der Waals surface area contributed by atoms with Crippen LogP contribution in [0.25, 0.3) is 20.5 Å². The zero-order chi connectivity index (χ0) is 27.8. The number of benzene rings is 5. The Balaban J connectivity index is 1.36. The van der Waals surface area contributed by atoms with E-state index in [0.717, 1.165) is 0 Å². The van der Waals surface area contributed by atoms with Crippen LogP contribution in [0.2, 0.25) is 0 Å². The van der Waals surface area contributed by atoms with Crippen molar-refractivity contribution >= 4 is 89.3 Å². The molecule has 0 atom stereocenters. The van der Waals surface area contributed by atoms with Crippen molar-refractivity contribution in [3.63, 3.8) is 0 Å². The van der Waals surface area contributed by atoms with Crippen molar-refractivity contribution in [1.29, 1.82) is 0 Å². The van der Waals surface area contributed by atoms with Gasteiger partial charge in [0.25, 0.3) is 6.71 Å². The third kappa shape index (κ3) is 3.51. The SMILES string of the molecule is Cc1cc2c3c(c1)N(c1ccccc1)c1ccsc1B3c1cc3cc(-c4ccccc4)sc3cc1N2c1ccccc1. The van der Waals surface area contributed by atoms with E-state index in [1.54, 1.807) is 0 Å². The Morgan fingerprint density at radius 2 is 1.21 bits per heavy atom. The van der Waals surface area contributed by atoms with E-state index in [0.29, 0.717) is 0 Å². The van der Waals surface area contributed by atoms with E-state index in [2.05, 4.69) is 149 Å². The fourth-order valence-electron chi connectivity index (χ4n) is 6.80. The van der Waals surface area contributed by atoms with Crippen molar-refractivity contribution in [1.82, 2.24) is 0 Å². The predicted molar refractivity (Wildman–Crippen MR) is 184 cm³/mol. The Morgan fingerprint density at radius 3 is 1.88 bits per heavy atom. The van der Waals surface area contributed by atoms with E-state index in [4.69, 9.17) is 0 Å². The maximum atomic E-state index is 2.50. The summed E-state index contributed by atoms with van der Waals surface area (Å²) in [5, 5.41) is 3.57. The summed E-state index contributed by atoms with van der Waals surface area (Å²) in [5.41, 5.74) is 12.8. The number of anilines is 6. The minimum atomic E-state index is 0.171. The number of hydrogen-bond acceptors (Lipinski definition) is 4. The van der Waals surface area contributed by atoms with Gasteiger partial charge < -0.3 is 9.80 Å². The normalized spacial score (nSPS) is 13.2. The molecule has 9 rings (SSSR count). The molecular formula is C37H25BN2S2. The number of rotatable bonds is 3. The van der Waals surface area contributed by atoms with Gasteiger partial charge in [-0.2, -0.15) is 11.3 Å². The van der Waals surface area contributed by atoms with Crippen molar-refractivity contribution in [3.05, 3.63) is 138 Å². The minimum Gasteiger partial charge on any atom is -0.311 e. The summed E-state index contributed by atoms with van der Waals surface area (Å²) in [6.07, 6.45) is 0. The zero-order valence-electron chi connectivity index (χ0n) is 23.0. The third-order valence-electron chi connectivity index (χ3n) is 8.53. The molecule has 0 saturated heterocycles. The molecule has 0 amide bonds. The van der Waals surface area contributed by atoms with Gasteiger partial charge in [0.2, 0.25) is 0 Å². The lowest BCUT2D eigenvalue weighted by Gasteiger charge is -2.43. The number of hydrogen-bond donors (Lipinski definition) is 0. The van der Waals surface area contributed by atoms with Crippen molar-refractivity contribution in [2.24, 2.45) is 0 Å². The first-order valence-corrected chi connectivity index (χ1v) is 16.0. The summed E-state index contributed by atoms with van der Waals surface area (Å²) >= 11 is 3.76. The average Bonchev–Trinajstić information content (AvgIpc) is 3.68. The van der Waals surface area contributed by atoms with Crippen LogP contribution in [0, 0.1) is 6.92 Å². The van der Waals surface area contributed by atoms with Crippen LogP contribution < -0.4 is 25.5 Å². The molecule has 0 bridgehead atoms. The topological polar surface area (TPSA) is 6.48 Å². The van der Waals surface area contributed by atoms with Crippen LogP contribution in [-0.4, -0.2) is 6.71 Å². The molecule has 198 valence electrons. The van der Waals surface area contributed by atoms with Gasteiger partial charge in [0, 0.05) is 42.8 Å². The van der Waals surface area contributed by atoms with Gasteiger partial charge >= 0.3 is 0 Å². The van der Waals surface area contributed by atoms with E-state index >= 15 is 0 Å². The van der Waals surface area contributed by atoms with Gasteiger partial charge in [-0.15, -0.1) is 11.3 Å². The minimum absolute atomic E-state index is 0.171. The molecule has 42 heavy (non-hydrogen) atoms. The fraction of sp³-hybridized carbons (Fsp3) is 0.0270. The highest BCUT2D eigenvalue weighted by Crippen LogP contribution is 2.46. The van der Waals surface area contributed by atoms with Gasteiger partial charge in [-0.3, -0.25) is 0 Å². The van der Waals surface area contributed by atoms with Crippen LogP contribution in [-0.2, 0) is 0 Å². The number of nitrogens with zero attached hydrogens (tertiary/aromatic N) is 2. The zero-order valence-corrected chi connectivity index (χ0v) is 24.6. The first-order chi connectivity index (χ1) is 20.7. The Labute approximate surface area is 253 Å². The average molecular weight is 573 g/mol. The molecule has 5 aromatic carbocycles. The molecule has 2 nitrogen and oxygen atoms in total.